The fourth-order valence-electron chi connectivity index (χ4n) is 2.34. The molecule has 0 radical (unpaired) electrons. The Hall–Kier alpha value is -0.600. The minimum atomic E-state index is -3.15. The molecule has 1 saturated heterocycles. The number of anilines is 1. The van der Waals surface area contributed by atoms with Crippen LogP contribution in [0.1, 0.15) is 34.1 Å². The second-order valence-corrected chi connectivity index (χ2v) is 9.55. The molecule has 2 fully saturated rings. The van der Waals surface area contributed by atoms with Gasteiger partial charge in [0.15, 0.2) is 21.3 Å². The summed E-state index contributed by atoms with van der Waals surface area (Å²) in [5.41, 5.74) is 0.866. The summed E-state index contributed by atoms with van der Waals surface area (Å²) in [6.07, 6.45) is 4.28. The maximum absolute atomic E-state index is 11.9. The zero-order valence-electron chi connectivity index (χ0n) is 11.1. The minimum Gasteiger partial charge on any atom is -0.329 e. The molecule has 110 valence electrons. The molecule has 3 rings (SSSR count). The van der Waals surface area contributed by atoms with Crippen LogP contribution >= 0.6 is 23.1 Å². The van der Waals surface area contributed by atoms with Gasteiger partial charge in [-0.05, 0) is 12.8 Å². The topological polar surface area (TPSA) is 67.3 Å². The van der Waals surface area contributed by atoms with E-state index in [1.807, 2.05) is 4.90 Å². The average molecular weight is 332 g/mol. The summed E-state index contributed by atoms with van der Waals surface area (Å²) < 4.78 is 23.9. The molecule has 0 spiro atoms. The van der Waals surface area contributed by atoms with Crippen molar-refractivity contribution in [1.82, 2.24) is 4.98 Å². The summed E-state index contributed by atoms with van der Waals surface area (Å²) in [5.74, 6) is 1.85. The maximum Gasteiger partial charge on any atom is 0.187 e. The lowest BCUT2D eigenvalue weighted by atomic mass is 10.3. The number of carbonyl (C=O) groups excluding carboxylic acids is 1. The molecule has 2 aliphatic rings. The Morgan fingerprint density at radius 3 is 2.75 bits per heavy atom. The van der Waals surface area contributed by atoms with Gasteiger partial charge >= 0.3 is 0 Å². The van der Waals surface area contributed by atoms with Crippen molar-refractivity contribution in [3.05, 3.63) is 10.6 Å². The normalized spacial score (nSPS) is 23.9. The quantitative estimate of drug-likeness (QED) is 0.783. The van der Waals surface area contributed by atoms with Crippen molar-refractivity contribution in [3.8, 4) is 0 Å². The van der Waals surface area contributed by atoms with E-state index in [-0.39, 0.29) is 0 Å². The monoisotopic (exact) mass is 332 g/mol. The Bertz CT molecular complexity index is 622. The number of carbonyl (C=O) groups is 1. The van der Waals surface area contributed by atoms with E-state index in [9.17, 15) is 13.2 Å². The molecule has 1 aromatic rings. The Morgan fingerprint density at radius 2 is 2.15 bits per heavy atom. The summed E-state index contributed by atoms with van der Waals surface area (Å²) in [5, 5.41) is 0.156. The van der Waals surface area contributed by atoms with Crippen LogP contribution in [-0.2, 0) is 9.84 Å². The van der Waals surface area contributed by atoms with Crippen molar-refractivity contribution >= 4 is 44.4 Å². The van der Waals surface area contributed by atoms with Gasteiger partial charge in [0.1, 0.15) is 5.37 Å². The molecule has 1 saturated carbocycles. The molecule has 2 heterocycles. The number of sulfone groups is 1. The molecular weight excluding hydrogens is 316 g/mol. The summed E-state index contributed by atoms with van der Waals surface area (Å²) in [6.45, 7) is 0.665. The molecule has 1 aliphatic carbocycles. The summed E-state index contributed by atoms with van der Waals surface area (Å²) in [7, 11) is -3.15. The molecular formula is C12H16N2O3S3. The van der Waals surface area contributed by atoms with E-state index in [1.165, 1.54) is 17.6 Å². The van der Waals surface area contributed by atoms with Crippen LogP contribution in [0.3, 0.4) is 0 Å². The molecule has 8 heteroatoms. The third kappa shape index (κ3) is 2.73. The van der Waals surface area contributed by atoms with Gasteiger partial charge in [0.25, 0.3) is 0 Å². The van der Waals surface area contributed by atoms with Crippen molar-refractivity contribution in [2.45, 2.75) is 24.1 Å². The SMILES string of the molecule is CS(=O)(=O)C1CSCCN1c1nc(C2CC2)c(C=O)s1. The van der Waals surface area contributed by atoms with Crippen LogP contribution in [0.5, 0.6) is 0 Å². The van der Waals surface area contributed by atoms with Crippen molar-refractivity contribution in [2.75, 3.05) is 29.2 Å². The van der Waals surface area contributed by atoms with Gasteiger partial charge in [-0.25, -0.2) is 13.4 Å². The molecule has 1 aliphatic heterocycles. The van der Waals surface area contributed by atoms with Crippen LogP contribution in [0.25, 0.3) is 0 Å². The number of aldehydes is 1. The van der Waals surface area contributed by atoms with Gasteiger partial charge in [-0.1, -0.05) is 11.3 Å². The van der Waals surface area contributed by atoms with Gasteiger partial charge in [0, 0.05) is 30.2 Å². The fourth-order valence-corrected chi connectivity index (χ4v) is 6.27. The van der Waals surface area contributed by atoms with E-state index < -0.39 is 15.2 Å². The lowest BCUT2D eigenvalue weighted by Crippen LogP contribution is -2.47. The number of hydrogen-bond acceptors (Lipinski definition) is 7. The van der Waals surface area contributed by atoms with Crippen LogP contribution in [0.2, 0.25) is 0 Å². The number of aromatic nitrogens is 1. The Balaban J connectivity index is 1.95. The number of rotatable bonds is 4. The van der Waals surface area contributed by atoms with Gasteiger partial charge in [0.05, 0.1) is 10.6 Å². The summed E-state index contributed by atoms with van der Waals surface area (Å²) in [6, 6.07) is 0. The molecule has 0 aromatic carbocycles. The first-order valence-electron chi connectivity index (χ1n) is 6.50. The van der Waals surface area contributed by atoms with E-state index in [1.54, 1.807) is 11.8 Å². The first-order chi connectivity index (χ1) is 9.50. The van der Waals surface area contributed by atoms with Gasteiger partial charge in [-0.15, -0.1) is 0 Å². The third-order valence-electron chi connectivity index (χ3n) is 3.57. The maximum atomic E-state index is 11.9. The summed E-state index contributed by atoms with van der Waals surface area (Å²) in [4.78, 5) is 18.3. The Morgan fingerprint density at radius 1 is 1.40 bits per heavy atom. The number of thioether (sulfide) groups is 1. The summed E-state index contributed by atoms with van der Waals surface area (Å²) >= 11 is 2.98. The molecule has 20 heavy (non-hydrogen) atoms. The standard InChI is InChI=1S/C12H16N2O3S3/c1-20(16,17)10-7-18-5-4-14(10)12-13-11(8-2-3-8)9(6-15)19-12/h6,8,10H,2-5,7H2,1H3. The van der Waals surface area contributed by atoms with Crippen LogP contribution in [0.4, 0.5) is 5.13 Å². The molecule has 1 aromatic heterocycles. The largest absolute Gasteiger partial charge is 0.329 e. The highest BCUT2D eigenvalue weighted by Gasteiger charge is 2.35. The minimum absolute atomic E-state index is 0.399. The first-order valence-corrected chi connectivity index (χ1v) is 10.4. The van der Waals surface area contributed by atoms with Crippen molar-refractivity contribution < 1.29 is 13.2 Å². The zero-order chi connectivity index (χ0) is 14.3. The van der Waals surface area contributed by atoms with Gasteiger partial charge in [-0.2, -0.15) is 11.8 Å². The van der Waals surface area contributed by atoms with Gasteiger partial charge in [-0.3, -0.25) is 4.79 Å². The Labute approximate surface area is 126 Å². The highest BCUT2D eigenvalue weighted by Crippen LogP contribution is 2.44. The van der Waals surface area contributed by atoms with E-state index in [4.69, 9.17) is 0 Å². The van der Waals surface area contributed by atoms with Gasteiger partial charge in [0.2, 0.25) is 0 Å². The van der Waals surface area contributed by atoms with E-state index in [0.717, 1.165) is 30.6 Å². The van der Waals surface area contributed by atoms with E-state index in [0.29, 0.717) is 28.2 Å². The van der Waals surface area contributed by atoms with E-state index in [2.05, 4.69) is 4.98 Å². The van der Waals surface area contributed by atoms with Crippen molar-refractivity contribution in [2.24, 2.45) is 0 Å². The molecule has 0 amide bonds. The molecule has 5 nitrogen and oxygen atoms in total. The second-order valence-electron chi connectivity index (χ2n) is 5.19. The zero-order valence-corrected chi connectivity index (χ0v) is 13.6. The number of thiazole rings is 1. The molecule has 1 atom stereocenters. The molecule has 0 N–H and O–H groups in total. The van der Waals surface area contributed by atoms with Crippen LogP contribution in [-0.4, -0.2) is 49.4 Å². The number of hydrogen-bond donors (Lipinski definition) is 0. The third-order valence-corrected chi connectivity index (χ3v) is 7.24. The van der Waals surface area contributed by atoms with Crippen LogP contribution in [0.15, 0.2) is 0 Å². The fraction of sp³-hybridized carbons (Fsp3) is 0.667. The van der Waals surface area contributed by atoms with Crippen molar-refractivity contribution in [1.29, 1.82) is 0 Å². The highest BCUT2D eigenvalue weighted by molar-refractivity contribution is 8.01. The number of nitrogens with zero attached hydrogens (tertiary/aromatic N) is 2. The first kappa shape index (κ1) is 14.3. The lowest BCUT2D eigenvalue weighted by molar-refractivity contribution is 0.112. The lowest BCUT2D eigenvalue weighted by Gasteiger charge is -2.33. The average Bonchev–Trinajstić information content (AvgIpc) is 3.17. The van der Waals surface area contributed by atoms with Crippen molar-refractivity contribution in [3.63, 3.8) is 0 Å². The van der Waals surface area contributed by atoms with Gasteiger partial charge < -0.3 is 4.90 Å². The van der Waals surface area contributed by atoms with Crippen LogP contribution < -0.4 is 4.90 Å². The second kappa shape index (κ2) is 5.31. The molecule has 0 bridgehead atoms. The van der Waals surface area contributed by atoms with E-state index >= 15 is 0 Å². The Kier molecular flexibility index (Phi) is 3.81. The van der Waals surface area contributed by atoms with Crippen LogP contribution in [0, 0.1) is 0 Å². The highest BCUT2D eigenvalue weighted by atomic mass is 32.2. The molecule has 1 unspecified atom stereocenters. The predicted molar refractivity (Wildman–Crippen MR) is 82.8 cm³/mol. The predicted octanol–water partition coefficient (Wildman–Crippen LogP) is 1.76. The smallest absolute Gasteiger partial charge is 0.187 e.